The van der Waals surface area contributed by atoms with Gasteiger partial charge in [-0.1, -0.05) is 6.07 Å². The van der Waals surface area contributed by atoms with Crippen molar-refractivity contribution in [1.29, 1.82) is 0 Å². The number of aromatic amines is 1. The number of carbonyl (C=O) groups excluding carboxylic acids is 2. The lowest BCUT2D eigenvalue weighted by Crippen LogP contribution is -2.17. The lowest BCUT2D eigenvalue weighted by Gasteiger charge is -2.06. The lowest BCUT2D eigenvalue weighted by molar-refractivity contribution is 0.0460. The van der Waals surface area contributed by atoms with Crippen molar-refractivity contribution in [3.05, 3.63) is 68.5 Å². The van der Waals surface area contributed by atoms with Crippen LogP contribution in [0.15, 0.2) is 29.2 Å². The van der Waals surface area contributed by atoms with E-state index >= 15 is 0 Å². The second-order valence-electron chi connectivity index (χ2n) is 6.28. The predicted molar refractivity (Wildman–Crippen MR) is 95.6 cm³/mol. The summed E-state index contributed by atoms with van der Waals surface area (Å²) in [6.45, 7) is 6.63. The van der Waals surface area contributed by atoms with Crippen LogP contribution in [0.5, 0.6) is 0 Å². The molecule has 0 aliphatic rings. The Hall–Kier alpha value is -3.22. The van der Waals surface area contributed by atoms with Crippen LogP contribution in [0.4, 0.5) is 0 Å². The molecule has 0 saturated heterocycles. The summed E-state index contributed by atoms with van der Waals surface area (Å²) in [6.07, 6.45) is 1.70. The fourth-order valence-electron chi connectivity index (χ4n) is 3.03. The van der Waals surface area contributed by atoms with Gasteiger partial charge in [0.1, 0.15) is 17.9 Å². The molecule has 0 fully saturated rings. The van der Waals surface area contributed by atoms with Gasteiger partial charge in [0.05, 0.1) is 5.69 Å². The second kappa shape index (κ2) is 6.59. The molecule has 3 heterocycles. The maximum atomic E-state index is 12.3. The summed E-state index contributed by atoms with van der Waals surface area (Å²) >= 11 is 0. The Morgan fingerprint density at radius 3 is 2.62 bits per heavy atom. The minimum atomic E-state index is -0.594. The van der Waals surface area contributed by atoms with Crippen LogP contribution in [0.1, 0.15) is 50.3 Å². The number of aryl methyl sites for hydroxylation is 2. The van der Waals surface area contributed by atoms with Crippen molar-refractivity contribution in [3.63, 3.8) is 0 Å². The van der Waals surface area contributed by atoms with Crippen LogP contribution in [0.25, 0.3) is 5.65 Å². The molecule has 0 saturated carbocycles. The van der Waals surface area contributed by atoms with Crippen LogP contribution >= 0.6 is 0 Å². The summed E-state index contributed by atoms with van der Waals surface area (Å²) in [5.74, 6) is -0.709. The van der Waals surface area contributed by atoms with Crippen LogP contribution in [0, 0.1) is 20.8 Å². The molecule has 0 aliphatic heterocycles. The molecule has 0 aliphatic carbocycles. The van der Waals surface area contributed by atoms with E-state index in [1.807, 2.05) is 13.0 Å². The van der Waals surface area contributed by atoms with Crippen LogP contribution in [0.2, 0.25) is 0 Å². The Labute approximate surface area is 149 Å². The van der Waals surface area contributed by atoms with Crippen LogP contribution < -0.4 is 5.56 Å². The summed E-state index contributed by atoms with van der Waals surface area (Å²) in [6, 6.07) is 4.93. The molecule has 3 aromatic rings. The number of aromatic nitrogens is 3. The first kappa shape index (κ1) is 17.6. The average molecular weight is 353 g/mol. The van der Waals surface area contributed by atoms with Crippen molar-refractivity contribution in [2.24, 2.45) is 0 Å². The molecule has 0 amide bonds. The molecule has 1 N–H and O–H groups in total. The van der Waals surface area contributed by atoms with Gasteiger partial charge in [0.2, 0.25) is 0 Å². The molecule has 0 spiro atoms. The SMILES string of the molecule is CC(=O)c1c(C)[nH]c(C(=O)OCc2cc(=O)n3cc(C)ccc3n2)c1C. The fourth-order valence-corrected chi connectivity index (χ4v) is 3.03. The monoisotopic (exact) mass is 353 g/mol. The molecule has 0 atom stereocenters. The normalized spacial score (nSPS) is 10.9. The smallest absolute Gasteiger partial charge is 0.355 e. The summed E-state index contributed by atoms with van der Waals surface area (Å²) < 4.78 is 6.72. The van der Waals surface area contributed by atoms with Gasteiger partial charge in [-0.2, -0.15) is 0 Å². The van der Waals surface area contributed by atoms with E-state index in [1.54, 1.807) is 26.1 Å². The number of nitrogens with zero attached hydrogens (tertiary/aromatic N) is 2. The van der Waals surface area contributed by atoms with E-state index in [-0.39, 0.29) is 23.6 Å². The van der Waals surface area contributed by atoms with Crippen LogP contribution in [-0.2, 0) is 11.3 Å². The molecule has 3 aromatic heterocycles. The van der Waals surface area contributed by atoms with E-state index in [0.29, 0.717) is 28.2 Å². The minimum absolute atomic E-state index is 0.116. The number of H-pyrrole nitrogens is 1. The number of pyridine rings is 1. The Bertz CT molecular complexity index is 1090. The van der Waals surface area contributed by atoms with E-state index in [1.165, 1.54) is 17.4 Å². The van der Waals surface area contributed by atoms with Gasteiger partial charge in [-0.25, -0.2) is 9.78 Å². The highest BCUT2D eigenvalue weighted by Crippen LogP contribution is 2.19. The number of Topliss-reactive ketones (excluding diaryl/α,β-unsaturated/α-hetero) is 1. The molecule has 0 aromatic carbocycles. The van der Waals surface area contributed by atoms with Gasteiger partial charge in [-0.05, 0) is 44.9 Å². The Kier molecular flexibility index (Phi) is 4.46. The third-order valence-corrected chi connectivity index (χ3v) is 4.21. The number of ether oxygens (including phenoxy) is 1. The van der Waals surface area contributed by atoms with E-state index in [9.17, 15) is 14.4 Å². The standard InChI is InChI=1S/C19H19N3O4/c1-10-5-6-15-21-14(7-16(24)22(15)8-10)9-26-19(25)18-11(2)17(13(4)23)12(3)20-18/h5-8,20H,9H2,1-4H3. The third-order valence-electron chi connectivity index (χ3n) is 4.21. The largest absolute Gasteiger partial charge is 0.454 e. The van der Waals surface area contributed by atoms with Crippen molar-refractivity contribution in [2.45, 2.75) is 34.3 Å². The zero-order valence-corrected chi connectivity index (χ0v) is 15.0. The molecule has 0 unspecified atom stereocenters. The number of ketones is 1. The first-order valence-electron chi connectivity index (χ1n) is 8.14. The van der Waals surface area contributed by atoms with Crippen molar-refractivity contribution in [1.82, 2.24) is 14.4 Å². The molecule has 26 heavy (non-hydrogen) atoms. The van der Waals surface area contributed by atoms with E-state index in [0.717, 1.165) is 5.56 Å². The number of carbonyl (C=O) groups is 2. The Balaban J connectivity index is 1.83. The van der Waals surface area contributed by atoms with Gasteiger partial charge in [0, 0.05) is 23.5 Å². The predicted octanol–water partition coefficient (Wildman–Crippen LogP) is 2.51. The minimum Gasteiger partial charge on any atom is -0.454 e. The number of rotatable bonds is 4. The molecule has 0 bridgehead atoms. The van der Waals surface area contributed by atoms with E-state index in [4.69, 9.17) is 4.74 Å². The van der Waals surface area contributed by atoms with E-state index < -0.39 is 5.97 Å². The average Bonchev–Trinajstić information content (AvgIpc) is 2.88. The molecule has 7 heteroatoms. The second-order valence-corrected chi connectivity index (χ2v) is 6.28. The molecule has 0 radical (unpaired) electrons. The van der Waals surface area contributed by atoms with Gasteiger partial charge in [-0.3, -0.25) is 14.0 Å². The van der Waals surface area contributed by atoms with Crippen LogP contribution in [-0.4, -0.2) is 26.1 Å². The third kappa shape index (κ3) is 3.15. The van der Waals surface area contributed by atoms with Crippen LogP contribution in [0.3, 0.4) is 0 Å². The first-order valence-corrected chi connectivity index (χ1v) is 8.14. The summed E-state index contributed by atoms with van der Waals surface area (Å²) in [5.41, 5.74) is 3.46. The Morgan fingerprint density at radius 1 is 1.23 bits per heavy atom. The van der Waals surface area contributed by atoms with Gasteiger partial charge >= 0.3 is 5.97 Å². The van der Waals surface area contributed by atoms with Gasteiger partial charge < -0.3 is 9.72 Å². The molecule has 3 rings (SSSR count). The molecular formula is C19H19N3O4. The zero-order valence-electron chi connectivity index (χ0n) is 15.0. The number of esters is 1. The highest BCUT2D eigenvalue weighted by Gasteiger charge is 2.21. The van der Waals surface area contributed by atoms with Crippen molar-refractivity contribution >= 4 is 17.4 Å². The highest BCUT2D eigenvalue weighted by molar-refractivity contribution is 6.01. The summed E-state index contributed by atoms with van der Waals surface area (Å²) in [4.78, 5) is 43.4. The van der Waals surface area contributed by atoms with Crippen molar-refractivity contribution in [2.75, 3.05) is 0 Å². The Morgan fingerprint density at radius 2 is 1.96 bits per heavy atom. The zero-order chi connectivity index (χ0) is 19.0. The van der Waals surface area contributed by atoms with Crippen molar-refractivity contribution in [3.8, 4) is 0 Å². The lowest BCUT2D eigenvalue weighted by atomic mass is 10.1. The van der Waals surface area contributed by atoms with Gasteiger partial charge in [0.15, 0.2) is 5.78 Å². The molecule has 7 nitrogen and oxygen atoms in total. The first-order chi connectivity index (χ1) is 12.3. The fraction of sp³-hybridized carbons (Fsp3) is 0.263. The maximum absolute atomic E-state index is 12.3. The number of nitrogens with one attached hydrogen (secondary N) is 1. The summed E-state index contributed by atoms with van der Waals surface area (Å²) in [7, 11) is 0. The molecular weight excluding hydrogens is 334 g/mol. The van der Waals surface area contributed by atoms with Crippen molar-refractivity contribution < 1.29 is 14.3 Å². The number of fused-ring (bicyclic) bond motifs is 1. The quantitative estimate of drug-likeness (QED) is 0.574. The van der Waals surface area contributed by atoms with Gasteiger partial charge in [-0.15, -0.1) is 0 Å². The maximum Gasteiger partial charge on any atom is 0.355 e. The molecule has 134 valence electrons. The number of hydrogen-bond acceptors (Lipinski definition) is 5. The highest BCUT2D eigenvalue weighted by atomic mass is 16.5. The number of hydrogen-bond donors (Lipinski definition) is 1. The summed E-state index contributed by atoms with van der Waals surface area (Å²) in [5, 5.41) is 0. The topological polar surface area (TPSA) is 93.5 Å². The van der Waals surface area contributed by atoms with E-state index in [2.05, 4.69) is 9.97 Å². The van der Waals surface area contributed by atoms with Gasteiger partial charge in [0.25, 0.3) is 5.56 Å².